The van der Waals surface area contributed by atoms with Crippen LogP contribution in [0.3, 0.4) is 0 Å². The fourth-order valence-corrected chi connectivity index (χ4v) is 2.33. The summed E-state index contributed by atoms with van der Waals surface area (Å²) in [6.45, 7) is 0.402. The monoisotopic (exact) mass is 354 g/mol. The zero-order chi connectivity index (χ0) is 18.4. The maximum Gasteiger partial charge on any atom is 0.274 e. The van der Waals surface area contributed by atoms with Gasteiger partial charge in [-0.25, -0.2) is 18.7 Å². The third kappa shape index (κ3) is 4.38. The Balaban J connectivity index is 1.62. The molecule has 1 heterocycles. The number of para-hydroxylation sites is 1. The van der Waals surface area contributed by atoms with Crippen molar-refractivity contribution in [2.75, 3.05) is 17.2 Å². The molecule has 0 unspecified atom stereocenters. The molecule has 5 nitrogen and oxygen atoms in total. The van der Waals surface area contributed by atoms with Gasteiger partial charge in [0.05, 0.1) is 5.69 Å². The third-order valence-electron chi connectivity index (χ3n) is 3.65. The van der Waals surface area contributed by atoms with Crippen LogP contribution in [0.2, 0.25) is 0 Å². The Kier molecular flexibility index (Phi) is 5.48. The summed E-state index contributed by atoms with van der Waals surface area (Å²) in [4.78, 5) is 20.3. The van der Waals surface area contributed by atoms with E-state index in [2.05, 4.69) is 20.6 Å². The van der Waals surface area contributed by atoms with Crippen molar-refractivity contribution in [3.8, 4) is 0 Å². The van der Waals surface area contributed by atoms with Crippen LogP contribution in [-0.2, 0) is 6.42 Å². The van der Waals surface area contributed by atoms with Crippen molar-refractivity contribution >= 4 is 17.5 Å². The van der Waals surface area contributed by atoms with Crippen molar-refractivity contribution in [1.82, 2.24) is 9.97 Å². The highest BCUT2D eigenvalue weighted by atomic mass is 19.1. The minimum atomic E-state index is -0.547. The molecule has 0 aliphatic heterocycles. The van der Waals surface area contributed by atoms with Gasteiger partial charge in [-0.05, 0) is 36.2 Å². The van der Waals surface area contributed by atoms with E-state index in [-0.39, 0.29) is 23.1 Å². The van der Waals surface area contributed by atoms with Crippen LogP contribution in [0.15, 0.2) is 60.8 Å². The molecule has 1 aromatic heterocycles. The Morgan fingerprint density at radius 1 is 0.962 bits per heavy atom. The van der Waals surface area contributed by atoms with Gasteiger partial charge >= 0.3 is 0 Å². The Labute approximate surface area is 149 Å². The largest absolute Gasteiger partial charge is 0.354 e. The molecule has 0 saturated carbocycles. The van der Waals surface area contributed by atoms with E-state index in [9.17, 15) is 13.6 Å². The van der Waals surface area contributed by atoms with E-state index in [1.54, 1.807) is 24.3 Å². The molecule has 0 radical (unpaired) electrons. The molecule has 26 heavy (non-hydrogen) atoms. The van der Waals surface area contributed by atoms with Crippen LogP contribution in [-0.4, -0.2) is 22.4 Å². The van der Waals surface area contributed by atoms with E-state index in [4.69, 9.17) is 0 Å². The predicted octanol–water partition coefficient (Wildman–Crippen LogP) is 3.66. The molecule has 7 heteroatoms. The van der Waals surface area contributed by atoms with Gasteiger partial charge in [-0.1, -0.05) is 30.3 Å². The molecular formula is C19H16F2N4O. The van der Waals surface area contributed by atoms with Crippen LogP contribution in [0.25, 0.3) is 0 Å². The highest BCUT2D eigenvalue weighted by molar-refractivity contribution is 6.03. The number of amides is 1. The zero-order valence-electron chi connectivity index (χ0n) is 13.7. The van der Waals surface area contributed by atoms with Crippen molar-refractivity contribution in [1.29, 1.82) is 0 Å². The zero-order valence-corrected chi connectivity index (χ0v) is 13.7. The number of hydrogen-bond donors (Lipinski definition) is 2. The molecule has 0 spiro atoms. The van der Waals surface area contributed by atoms with Gasteiger partial charge in [0.2, 0.25) is 5.95 Å². The van der Waals surface area contributed by atoms with Gasteiger partial charge in [-0.2, -0.15) is 0 Å². The fraction of sp³-hybridized carbons (Fsp3) is 0.105. The number of hydrogen-bond acceptors (Lipinski definition) is 4. The lowest BCUT2D eigenvalue weighted by molar-refractivity contribution is 0.102. The van der Waals surface area contributed by atoms with Gasteiger partial charge in [-0.15, -0.1) is 0 Å². The molecule has 132 valence electrons. The second-order valence-electron chi connectivity index (χ2n) is 5.47. The average Bonchev–Trinajstić information content (AvgIpc) is 2.65. The van der Waals surface area contributed by atoms with Gasteiger partial charge < -0.3 is 10.6 Å². The second kappa shape index (κ2) is 8.15. The summed E-state index contributed by atoms with van der Waals surface area (Å²) in [6.07, 6.45) is 1.87. The van der Waals surface area contributed by atoms with E-state index in [1.165, 1.54) is 36.5 Å². The lowest BCUT2D eigenvalue weighted by Gasteiger charge is -2.08. The van der Waals surface area contributed by atoms with E-state index in [0.717, 1.165) is 0 Å². The van der Waals surface area contributed by atoms with Crippen LogP contribution >= 0.6 is 0 Å². The quantitative estimate of drug-likeness (QED) is 0.709. The number of nitrogens with one attached hydrogen (secondary N) is 2. The first-order chi connectivity index (χ1) is 12.6. The van der Waals surface area contributed by atoms with Crippen LogP contribution in [0.4, 0.5) is 20.4 Å². The minimum absolute atomic E-state index is 0.0742. The lowest BCUT2D eigenvalue weighted by Crippen LogP contribution is -2.16. The van der Waals surface area contributed by atoms with Gasteiger partial charge in [0.25, 0.3) is 5.91 Å². The van der Waals surface area contributed by atoms with E-state index >= 15 is 0 Å². The SMILES string of the molecule is O=C(Nc1ccccc1F)c1ccnc(NCCc2ccccc2F)n1. The fourth-order valence-electron chi connectivity index (χ4n) is 2.33. The average molecular weight is 354 g/mol. The summed E-state index contributed by atoms with van der Waals surface area (Å²) in [5.74, 6) is -1.11. The number of benzene rings is 2. The Morgan fingerprint density at radius 2 is 1.69 bits per heavy atom. The van der Waals surface area contributed by atoms with Crippen LogP contribution in [0, 0.1) is 11.6 Å². The number of anilines is 2. The van der Waals surface area contributed by atoms with Gasteiger partial charge in [-0.3, -0.25) is 4.79 Å². The molecule has 2 aromatic carbocycles. The standard InChI is InChI=1S/C19H16F2N4O/c20-14-6-2-1-5-13(14)9-11-22-19-23-12-10-17(25-19)18(26)24-16-8-4-3-7-15(16)21/h1-8,10,12H,9,11H2,(H,24,26)(H,22,23,25). The van der Waals surface area contributed by atoms with Crippen molar-refractivity contribution in [3.05, 3.63) is 83.7 Å². The van der Waals surface area contributed by atoms with Crippen molar-refractivity contribution in [2.24, 2.45) is 0 Å². The van der Waals surface area contributed by atoms with Crippen LogP contribution in [0.5, 0.6) is 0 Å². The number of nitrogens with zero attached hydrogens (tertiary/aromatic N) is 2. The van der Waals surface area contributed by atoms with Crippen LogP contribution in [0.1, 0.15) is 16.1 Å². The molecule has 0 fully saturated rings. The summed E-state index contributed by atoms with van der Waals surface area (Å²) in [5, 5.41) is 5.41. The number of rotatable bonds is 6. The number of aromatic nitrogens is 2. The highest BCUT2D eigenvalue weighted by Crippen LogP contribution is 2.14. The lowest BCUT2D eigenvalue weighted by atomic mass is 10.1. The number of carbonyl (C=O) groups excluding carboxylic acids is 1. The number of carbonyl (C=O) groups is 1. The van der Waals surface area contributed by atoms with E-state index in [1.807, 2.05) is 0 Å². The van der Waals surface area contributed by atoms with Crippen LogP contribution < -0.4 is 10.6 Å². The molecule has 0 saturated heterocycles. The third-order valence-corrected chi connectivity index (χ3v) is 3.65. The number of halogens is 2. The molecule has 0 aliphatic carbocycles. The predicted molar refractivity (Wildman–Crippen MR) is 95.0 cm³/mol. The Bertz CT molecular complexity index is 917. The van der Waals surface area contributed by atoms with Gasteiger partial charge in [0, 0.05) is 12.7 Å². The Hall–Kier alpha value is -3.35. The van der Waals surface area contributed by atoms with Crippen molar-refractivity contribution < 1.29 is 13.6 Å². The molecule has 1 amide bonds. The maximum atomic E-state index is 13.6. The summed E-state index contributed by atoms with van der Waals surface area (Å²) >= 11 is 0. The topological polar surface area (TPSA) is 66.9 Å². The second-order valence-corrected chi connectivity index (χ2v) is 5.47. The smallest absolute Gasteiger partial charge is 0.274 e. The van der Waals surface area contributed by atoms with E-state index < -0.39 is 11.7 Å². The normalized spacial score (nSPS) is 10.4. The molecule has 2 N–H and O–H groups in total. The molecular weight excluding hydrogens is 338 g/mol. The summed E-state index contributed by atoms with van der Waals surface area (Å²) < 4.78 is 27.2. The van der Waals surface area contributed by atoms with Gasteiger partial charge in [0.1, 0.15) is 17.3 Å². The molecule has 0 aliphatic rings. The molecule has 0 bridgehead atoms. The summed E-state index contributed by atoms with van der Waals surface area (Å²) in [5.41, 5.74) is 0.746. The van der Waals surface area contributed by atoms with Gasteiger partial charge in [0.15, 0.2) is 0 Å². The summed E-state index contributed by atoms with van der Waals surface area (Å²) in [7, 11) is 0. The highest BCUT2D eigenvalue weighted by Gasteiger charge is 2.11. The first kappa shape index (κ1) is 17.5. The minimum Gasteiger partial charge on any atom is -0.354 e. The Morgan fingerprint density at radius 3 is 2.46 bits per heavy atom. The maximum absolute atomic E-state index is 13.6. The molecule has 0 atom stereocenters. The van der Waals surface area contributed by atoms with Crippen molar-refractivity contribution in [3.63, 3.8) is 0 Å². The first-order valence-electron chi connectivity index (χ1n) is 7.99. The first-order valence-corrected chi connectivity index (χ1v) is 7.99. The summed E-state index contributed by atoms with van der Waals surface area (Å²) in [6, 6.07) is 13.8. The van der Waals surface area contributed by atoms with Crippen molar-refractivity contribution in [2.45, 2.75) is 6.42 Å². The molecule has 3 aromatic rings. The molecule has 3 rings (SSSR count). The van der Waals surface area contributed by atoms with E-state index in [0.29, 0.717) is 18.5 Å².